The van der Waals surface area contributed by atoms with Crippen LogP contribution < -0.4 is 19.7 Å². The van der Waals surface area contributed by atoms with E-state index < -0.39 is 0 Å². The molecule has 2 amide bonds. The van der Waals surface area contributed by atoms with E-state index in [0.717, 1.165) is 31.2 Å². The lowest BCUT2D eigenvalue weighted by atomic mass is 9.95. The molecule has 168 valence electrons. The zero-order valence-corrected chi connectivity index (χ0v) is 18.3. The molecule has 1 aliphatic carbocycles. The minimum atomic E-state index is -0.309. The maximum Gasteiger partial charge on any atom is 0.265 e. The van der Waals surface area contributed by atoms with Gasteiger partial charge in [0.25, 0.3) is 5.91 Å². The van der Waals surface area contributed by atoms with Crippen molar-refractivity contribution in [2.24, 2.45) is 0 Å². The van der Waals surface area contributed by atoms with Crippen molar-refractivity contribution < 1.29 is 23.9 Å². The summed E-state index contributed by atoms with van der Waals surface area (Å²) in [7, 11) is 0. The average Bonchev–Trinajstić information content (AvgIpc) is 2.80. The van der Waals surface area contributed by atoms with Crippen LogP contribution in [0.5, 0.6) is 11.5 Å². The van der Waals surface area contributed by atoms with Crippen molar-refractivity contribution in [1.29, 1.82) is 0 Å². The molecule has 0 radical (unpaired) electrons. The van der Waals surface area contributed by atoms with Crippen LogP contribution in [0.1, 0.15) is 48.0 Å². The van der Waals surface area contributed by atoms with Crippen LogP contribution in [0.25, 0.3) is 0 Å². The zero-order chi connectivity index (χ0) is 22.5. The lowest BCUT2D eigenvalue weighted by Gasteiger charge is -2.30. The Morgan fingerprint density at radius 1 is 1.09 bits per heavy atom. The van der Waals surface area contributed by atoms with E-state index in [0.29, 0.717) is 22.7 Å². The van der Waals surface area contributed by atoms with Crippen LogP contribution in [-0.2, 0) is 9.59 Å². The number of carbonyl (C=O) groups excluding carboxylic acids is 3. The van der Waals surface area contributed by atoms with Gasteiger partial charge >= 0.3 is 0 Å². The van der Waals surface area contributed by atoms with Crippen LogP contribution in [0.4, 0.5) is 5.69 Å². The smallest absolute Gasteiger partial charge is 0.265 e. The molecule has 1 saturated carbocycles. The molecule has 2 aromatic carbocycles. The molecule has 1 fully saturated rings. The van der Waals surface area contributed by atoms with Crippen LogP contribution >= 0.6 is 0 Å². The molecule has 1 N–H and O–H groups in total. The van der Waals surface area contributed by atoms with Gasteiger partial charge in [0.15, 0.2) is 19.0 Å². The highest BCUT2D eigenvalue weighted by Gasteiger charge is 2.29. The Kier molecular flexibility index (Phi) is 6.73. The first-order valence-electron chi connectivity index (χ1n) is 11.1. The summed E-state index contributed by atoms with van der Waals surface area (Å²) in [6.07, 6.45) is 5.37. The Morgan fingerprint density at radius 2 is 1.84 bits per heavy atom. The van der Waals surface area contributed by atoms with E-state index in [-0.39, 0.29) is 43.4 Å². The van der Waals surface area contributed by atoms with Crippen LogP contribution in [-0.4, -0.2) is 43.4 Å². The number of ketones is 1. The maximum atomic E-state index is 12.7. The van der Waals surface area contributed by atoms with Gasteiger partial charge in [-0.3, -0.25) is 19.3 Å². The quantitative estimate of drug-likeness (QED) is 0.672. The number of fused-ring (bicyclic) bond motifs is 1. The number of carbonyl (C=O) groups is 3. The van der Waals surface area contributed by atoms with Crippen LogP contribution in [0.3, 0.4) is 0 Å². The number of ether oxygens (including phenoxy) is 2. The Balaban J connectivity index is 1.44. The van der Waals surface area contributed by atoms with E-state index >= 15 is 0 Å². The molecular weight excluding hydrogens is 408 g/mol. The summed E-state index contributed by atoms with van der Waals surface area (Å²) in [5, 5.41) is 3.04. The molecule has 2 aromatic rings. The number of Topliss-reactive ketones (excluding diaryl/α,β-unsaturated/α-hetero) is 1. The lowest BCUT2D eigenvalue weighted by molar-refractivity contribution is -0.125. The van der Waals surface area contributed by atoms with Gasteiger partial charge in [-0.1, -0.05) is 37.0 Å². The van der Waals surface area contributed by atoms with E-state index in [2.05, 4.69) is 5.32 Å². The number of aryl methyl sites for hydroxylation is 1. The van der Waals surface area contributed by atoms with Gasteiger partial charge in [-0.05, 0) is 50.1 Å². The van der Waals surface area contributed by atoms with Crippen molar-refractivity contribution in [3.63, 3.8) is 0 Å². The summed E-state index contributed by atoms with van der Waals surface area (Å²) in [4.78, 5) is 39.2. The SMILES string of the molecule is Cc1ccc(OCC(=O)c2ccc3c(c2)N(CC(=O)NC2CCCCC2)C(=O)CO3)cc1. The van der Waals surface area contributed by atoms with Crippen molar-refractivity contribution in [1.82, 2.24) is 5.32 Å². The Hall–Kier alpha value is -3.35. The van der Waals surface area contributed by atoms with Gasteiger partial charge in [0.1, 0.15) is 18.0 Å². The van der Waals surface area contributed by atoms with Gasteiger partial charge in [-0.15, -0.1) is 0 Å². The minimum Gasteiger partial charge on any atom is -0.485 e. The van der Waals surface area contributed by atoms with Gasteiger partial charge in [0, 0.05) is 11.6 Å². The van der Waals surface area contributed by atoms with Crippen LogP contribution in [0, 0.1) is 6.92 Å². The molecule has 1 heterocycles. The van der Waals surface area contributed by atoms with Gasteiger partial charge < -0.3 is 14.8 Å². The highest BCUT2D eigenvalue weighted by Crippen LogP contribution is 2.33. The van der Waals surface area contributed by atoms with Crippen molar-refractivity contribution in [2.75, 3.05) is 24.7 Å². The van der Waals surface area contributed by atoms with Gasteiger partial charge in [0.2, 0.25) is 5.91 Å². The molecule has 7 heteroatoms. The number of rotatable bonds is 7. The fourth-order valence-corrected chi connectivity index (χ4v) is 4.08. The summed E-state index contributed by atoms with van der Waals surface area (Å²) in [6, 6.07) is 12.5. The molecule has 7 nitrogen and oxygen atoms in total. The minimum absolute atomic E-state index is 0.0940. The molecule has 0 bridgehead atoms. The van der Waals surface area contributed by atoms with E-state index in [9.17, 15) is 14.4 Å². The number of hydrogen-bond donors (Lipinski definition) is 1. The predicted molar refractivity (Wildman–Crippen MR) is 120 cm³/mol. The van der Waals surface area contributed by atoms with Gasteiger partial charge in [-0.2, -0.15) is 0 Å². The van der Waals surface area contributed by atoms with Crippen LogP contribution in [0.2, 0.25) is 0 Å². The lowest BCUT2D eigenvalue weighted by Crippen LogP contribution is -2.47. The molecule has 4 rings (SSSR count). The van der Waals surface area contributed by atoms with E-state index in [1.165, 1.54) is 11.3 Å². The number of nitrogens with one attached hydrogen (secondary N) is 1. The first kappa shape index (κ1) is 21.9. The third kappa shape index (κ3) is 5.28. The molecule has 0 saturated heterocycles. The summed E-state index contributed by atoms with van der Waals surface area (Å²) < 4.78 is 11.1. The summed E-state index contributed by atoms with van der Waals surface area (Å²) in [6.45, 7) is 1.63. The summed E-state index contributed by atoms with van der Waals surface area (Å²) >= 11 is 0. The fourth-order valence-electron chi connectivity index (χ4n) is 4.08. The predicted octanol–water partition coefficient (Wildman–Crippen LogP) is 3.43. The first-order chi connectivity index (χ1) is 15.5. The highest BCUT2D eigenvalue weighted by atomic mass is 16.5. The largest absolute Gasteiger partial charge is 0.485 e. The van der Waals surface area contributed by atoms with E-state index in [1.807, 2.05) is 31.2 Å². The Morgan fingerprint density at radius 3 is 2.59 bits per heavy atom. The first-order valence-corrected chi connectivity index (χ1v) is 11.1. The molecule has 0 spiro atoms. The third-order valence-corrected chi connectivity index (χ3v) is 5.89. The number of amides is 2. The van der Waals surface area contributed by atoms with E-state index in [1.54, 1.807) is 18.2 Å². The van der Waals surface area contributed by atoms with E-state index in [4.69, 9.17) is 9.47 Å². The molecular formula is C25H28N2O5. The van der Waals surface area contributed by atoms with Crippen molar-refractivity contribution in [2.45, 2.75) is 45.1 Å². The van der Waals surface area contributed by atoms with Crippen molar-refractivity contribution >= 4 is 23.3 Å². The Labute approximate surface area is 187 Å². The Bertz CT molecular complexity index is 996. The molecule has 2 aliphatic rings. The highest BCUT2D eigenvalue weighted by molar-refractivity contribution is 6.04. The second kappa shape index (κ2) is 9.85. The fraction of sp³-hybridized carbons (Fsp3) is 0.400. The number of anilines is 1. The number of hydrogen-bond acceptors (Lipinski definition) is 5. The van der Waals surface area contributed by atoms with Crippen molar-refractivity contribution in [3.8, 4) is 11.5 Å². The van der Waals surface area contributed by atoms with Gasteiger partial charge in [0.05, 0.1) is 5.69 Å². The summed E-state index contributed by atoms with van der Waals surface area (Å²) in [5.74, 6) is 0.361. The third-order valence-electron chi connectivity index (χ3n) is 5.89. The van der Waals surface area contributed by atoms with Gasteiger partial charge in [-0.25, -0.2) is 0 Å². The van der Waals surface area contributed by atoms with Crippen LogP contribution in [0.15, 0.2) is 42.5 Å². The molecule has 0 atom stereocenters. The maximum absolute atomic E-state index is 12.7. The summed E-state index contributed by atoms with van der Waals surface area (Å²) in [5.41, 5.74) is 1.93. The van der Waals surface area contributed by atoms with Crippen molar-refractivity contribution in [3.05, 3.63) is 53.6 Å². The second-order valence-corrected chi connectivity index (χ2v) is 8.38. The number of nitrogens with zero attached hydrogens (tertiary/aromatic N) is 1. The zero-order valence-electron chi connectivity index (χ0n) is 18.3. The standard InChI is InChI=1S/C25H28N2O5/c1-17-7-10-20(11-8-17)31-15-22(28)18-9-12-23-21(13-18)27(25(30)16-32-23)14-24(29)26-19-5-3-2-4-6-19/h7-13,19H,2-6,14-16H2,1H3,(H,26,29). The normalized spacial score (nSPS) is 16.2. The molecule has 1 aliphatic heterocycles. The topological polar surface area (TPSA) is 84.9 Å². The molecule has 0 aromatic heterocycles. The second-order valence-electron chi connectivity index (χ2n) is 8.38. The average molecular weight is 437 g/mol. The number of benzene rings is 2. The monoisotopic (exact) mass is 436 g/mol. The molecule has 0 unspecified atom stereocenters. The molecule has 32 heavy (non-hydrogen) atoms.